The fourth-order valence-corrected chi connectivity index (χ4v) is 4.03. The minimum Gasteiger partial charge on any atom is -0.483 e. The molecule has 0 aliphatic heterocycles. The van der Waals surface area contributed by atoms with E-state index in [1.165, 1.54) is 18.2 Å². The molecule has 0 aliphatic carbocycles. The number of nitrogens with one attached hydrogen (secondary N) is 2. The first-order chi connectivity index (χ1) is 17.2. The van der Waals surface area contributed by atoms with Crippen molar-refractivity contribution in [2.75, 3.05) is 17.7 Å². The number of nitro benzene ring substituents is 1. The second-order valence-electron chi connectivity index (χ2n) is 8.33. The molecule has 0 bridgehead atoms. The molecule has 3 aromatic rings. The summed E-state index contributed by atoms with van der Waals surface area (Å²) in [6, 6.07) is 11.9. The number of thioether (sulfide) groups is 1. The molecular formula is C24H28N6O5S. The number of para-hydroxylation sites is 2. The first-order valence-corrected chi connectivity index (χ1v) is 12.2. The number of rotatable bonds is 11. The van der Waals surface area contributed by atoms with Crippen molar-refractivity contribution in [3.63, 3.8) is 0 Å². The smallest absolute Gasteiger partial charge is 0.292 e. The van der Waals surface area contributed by atoms with Gasteiger partial charge in [-0.25, -0.2) is 0 Å². The van der Waals surface area contributed by atoms with Crippen LogP contribution in [-0.2, 0) is 23.2 Å². The Kier molecular flexibility index (Phi) is 9.01. The molecule has 3 rings (SSSR count). The Bertz CT molecular complexity index is 1260. The summed E-state index contributed by atoms with van der Waals surface area (Å²) in [6.45, 7) is 6.11. The zero-order valence-electron chi connectivity index (χ0n) is 20.5. The van der Waals surface area contributed by atoms with E-state index < -0.39 is 10.8 Å². The molecule has 0 aliphatic rings. The van der Waals surface area contributed by atoms with Gasteiger partial charge in [0.25, 0.3) is 11.6 Å². The van der Waals surface area contributed by atoms with Gasteiger partial charge < -0.3 is 19.9 Å². The van der Waals surface area contributed by atoms with Crippen molar-refractivity contribution in [1.29, 1.82) is 0 Å². The molecule has 2 amide bonds. The quantitative estimate of drug-likeness (QED) is 0.226. The van der Waals surface area contributed by atoms with Crippen LogP contribution in [0.15, 0.2) is 47.6 Å². The Labute approximate surface area is 212 Å². The molecule has 0 unspecified atom stereocenters. The second kappa shape index (κ2) is 12.2. The minimum absolute atomic E-state index is 0.0209. The topological polar surface area (TPSA) is 141 Å². The van der Waals surface area contributed by atoms with Crippen LogP contribution in [0.2, 0.25) is 0 Å². The zero-order chi connectivity index (χ0) is 26.2. The lowest BCUT2D eigenvalue weighted by molar-refractivity contribution is -0.383. The number of nitrogens with zero attached hydrogens (tertiary/aromatic N) is 4. The summed E-state index contributed by atoms with van der Waals surface area (Å²) in [5.74, 6) is 0.726. The lowest BCUT2D eigenvalue weighted by Crippen LogP contribution is -2.29. The Morgan fingerprint density at radius 1 is 1.17 bits per heavy atom. The fourth-order valence-electron chi connectivity index (χ4n) is 3.30. The summed E-state index contributed by atoms with van der Waals surface area (Å²) in [5.41, 5.74) is 2.03. The van der Waals surface area contributed by atoms with Crippen LogP contribution in [0.1, 0.15) is 36.7 Å². The van der Waals surface area contributed by atoms with E-state index in [-0.39, 0.29) is 42.1 Å². The molecular weight excluding hydrogens is 484 g/mol. The number of hydrogen-bond donors (Lipinski definition) is 2. The van der Waals surface area contributed by atoms with E-state index in [4.69, 9.17) is 4.74 Å². The second-order valence-corrected chi connectivity index (χ2v) is 9.27. The van der Waals surface area contributed by atoms with Crippen molar-refractivity contribution in [1.82, 2.24) is 20.1 Å². The molecule has 0 spiro atoms. The van der Waals surface area contributed by atoms with Crippen LogP contribution in [-0.4, -0.2) is 43.9 Å². The van der Waals surface area contributed by atoms with E-state index in [1.807, 2.05) is 25.1 Å². The van der Waals surface area contributed by atoms with Crippen LogP contribution in [0.4, 0.5) is 11.4 Å². The summed E-state index contributed by atoms with van der Waals surface area (Å²) >= 11 is 1.13. The molecule has 0 radical (unpaired) electrons. The van der Waals surface area contributed by atoms with Crippen molar-refractivity contribution in [3.05, 3.63) is 69.5 Å². The van der Waals surface area contributed by atoms with Crippen LogP contribution in [0, 0.1) is 17.0 Å². The van der Waals surface area contributed by atoms with Crippen molar-refractivity contribution in [2.24, 2.45) is 7.05 Å². The third kappa shape index (κ3) is 7.04. The zero-order valence-corrected chi connectivity index (χ0v) is 21.3. The summed E-state index contributed by atoms with van der Waals surface area (Å²) in [6.07, 6.45) is 0. The van der Waals surface area contributed by atoms with Crippen LogP contribution < -0.4 is 15.4 Å². The Morgan fingerprint density at radius 2 is 1.92 bits per heavy atom. The predicted molar refractivity (Wildman–Crippen MR) is 136 cm³/mol. The monoisotopic (exact) mass is 512 g/mol. The molecule has 2 N–H and O–H groups in total. The Morgan fingerprint density at radius 3 is 2.64 bits per heavy atom. The van der Waals surface area contributed by atoms with Gasteiger partial charge in [0.15, 0.2) is 17.6 Å². The predicted octanol–water partition coefficient (Wildman–Crippen LogP) is 3.58. The molecule has 2 aromatic carbocycles. The van der Waals surface area contributed by atoms with Crippen LogP contribution in [0.25, 0.3) is 0 Å². The van der Waals surface area contributed by atoms with E-state index in [1.54, 1.807) is 17.7 Å². The number of anilines is 1. The van der Waals surface area contributed by atoms with E-state index in [0.29, 0.717) is 16.7 Å². The summed E-state index contributed by atoms with van der Waals surface area (Å²) in [4.78, 5) is 35.2. The summed E-state index contributed by atoms with van der Waals surface area (Å²) < 4.78 is 7.42. The molecule has 1 aromatic heterocycles. The van der Waals surface area contributed by atoms with Gasteiger partial charge in [-0.2, -0.15) is 0 Å². The van der Waals surface area contributed by atoms with Gasteiger partial charge in [-0.1, -0.05) is 49.9 Å². The lowest BCUT2D eigenvalue weighted by Gasteiger charge is -2.14. The van der Waals surface area contributed by atoms with Crippen LogP contribution >= 0.6 is 11.8 Å². The third-order valence-corrected chi connectivity index (χ3v) is 6.25. The highest BCUT2D eigenvalue weighted by Gasteiger charge is 2.17. The number of carbonyl (C=O) groups is 2. The first kappa shape index (κ1) is 26.7. The Hall–Kier alpha value is -3.93. The van der Waals surface area contributed by atoms with Crippen LogP contribution in [0.3, 0.4) is 0 Å². The van der Waals surface area contributed by atoms with E-state index in [2.05, 4.69) is 34.7 Å². The molecule has 190 valence electrons. The van der Waals surface area contributed by atoms with Gasteiger partial charge in [0.2, 0.25) is 5.91 Å². The third-order valence-electron chi connectivity index (χ3n) is 5.23. The largest absolute Gasteiger partial charge is 0.483 e. The number of aryl methyl sites for hydroxylation is 1. The number of carbonyl (C=O) groups excluding carboxylic acids is 2. The van der Waals surface area contributed by atoms with Gasteiger partial charge in [-0.15, -0.1) is 10.2 Å². The highest BCUT2D eigenvalue weighted by molar-refractivity contribution is 7.99. The number of benzene rings is 2. The van der Waals surface area contributed by atoms with Crippen molar-refractivity contribution < 1.29 is 19.2 Å². The van der Waals surface area contributed by atoms with Gasteiger partial charge in [0.1, 0.15) is 11.4 Å². The first-order valence-electron chi connectivity index (χ1n) is 11.2. The molecule has 11 nitrogen and oxygen atoms in total. The van der Waals surface area contributed by atoms with Gasteiger partial charge in [0, 0.05) is 13.1 Å². The standard InChI is InChI=1S/C24H28N6O5S/c1-15(2)17-10-9-16(3)11-20(17)35-13-22(31)25-12-21-27-28-24(29(21)4)36-14-23(32)26-18-7-5-6-8-19(18)30(33)34/h5-11,15H,12-14H2,1-4H3,(H,25,31)(H,26,32). The average Bonchev–Trinajstić information content (AvgIpc) is 3.19. The van der Waals surface area contributed by atoms with Gasteiger partial charge in [-0.05, 0) is 36.1 Å². The SMILES string of the molecule is Cc1ccc(C(C)C)c(OCC(=O)NCc2nnc(SCC(=O)Nc3ccccc3[N+](=O)[O-])n2C)c1. The molecule has 0 saturated carbocycles. The molecule has 0 atom stereocenters. The highest BCUT2D eigenvalue weighted by atomic mass is 32.2. The molecule has 1 heterocycles. The number of nitro groups is 1. The molecule has 36 heavy (non-hydrogen) atoms. The van der Waals surface area contributed by atoms with Gasteiger partial charge in [0.05, 0.1) is 17.2 Å². The van der Waals surface area contributed by atoms with Crippen molar-refractivity contribution in [2.45, 2.75) is 38.4 Å². The maximum Gasteiger partial charge on any atom is 0.292 e. The number of hydrogen-bond acceptors (Lipinski definition) is 8. The van der Waals surface area contributed by atoms with Gasteiger partial charge >= 0.3 is 0 Å². The Balaban J connectivity index is 1.49. The van der Waals surface area contributed by atoms with Crippen molar-refractivity contribution in [3.8, 4) is 5.75 Å². The molecule has 0 fully saturated rings. The van der Waals surface area contributed by atoms with Gasteiger partial charge in [-0.3, -0.25) is 19.7 Å². The minimum atomic E-state index is -0.554. The normalized spacial score (nSPS) is 10.8. The number of ether oxygens (including phenoxy) is 1. The number of amides is 2. The molecule has 12 heteroatoms. The van der Waals surface area contributed by atoms with Crippen molar-refractivity contribution >= 4 is 35.0 Å². The van der Waals surface area contributed by atoms with E-state index >= 15 is 0 Å². The maximum atomic E-state index is 12.3. The van der Waals surface area contributed by atoms with Crippen LogP contribution in [0.5, 0.6) is 5.75 Å². The lowest BCUT2D eigenvalue weighted by atomic mass is 10.0. The highest BCUT2D eigenvalue weighted by Crippen LogP contribution is 2.27. The van der Waals surface area contributed by atoms with E-state index in [9.17, 15) is 19.7 Å². The molecule has 0 saturated heterocycles. The fraction of sp³-hybridized carbons (Fsp3) is 0.333. The summed E-state index contributed by atoms with van der Waals surface area (Å²) in [7, 11) is 1.72. The maximum absolute atomic E-state index is 12.3. The summed E-state index contributed by atoms with van der Waals surface area (Å²) in [5, 5.41) is 25.0. The average molecular weight is 513 g/mol. The number of aromatic nitrogens is 3. The van der Waals surface area contributed by atoms with E-state index in [0.717, 1.165) is 22.9 Å².